The summed E-state index contributed by atoms with van der Waals surface area (Å²) in [6, 6.07) is 10.6. The molecular formula is C20H26N6O. The van der Waals surface area contributed by atoms with Gasteiger partial charge in [0.05, 0.1) is 12.4 Å². The number of benzene rings is 1. The van der Waals surface area contributed by atoms with E-state index in [4.69, 9.17) is 0 Å². The second-order valence-corrected chi connectivity index (χ2v) is 7.18. The average molecular weight is 366 g/mol. The molecule has 0 bridgehead atoms. The fraction of sp³-hybridized carbons (Fsp3) is 0.450. The molecule has 0 saturated carbocycles. The number of aliphatic imine (C=N–C) groups is 2. The van der Waals surface area contributed by atoms with Crippen LogP contribution < -0.4 is 5.32 Å². The predicted molar refractivity (Wildman–Crippen MR) is 107 cm³/mol. The summed E-state index contributed by atoms with van der Waals surface area (Å²) in [6.45, 7) is 6.66. The van der Waals surface area contributed by atoms with E-state index >= 15 is 0 Å². The SMILES string of the molecule is C[C@@H]1CN2C=NC(N3CCN(C(=O)NCCc4ccccc4)CC3)=CC2=N1. The molecule has 1 aromatic carbocycles. The van der Waals surface area contributed by atoms with E-state index in [1.807, 2.05) is 29.4 Å². The summed E-state index contributed by atoms with van der Waals surface area (Å²) in [4.78, 5) is 27.8. The van der Waals surface area contributed by atoms with Gasteiger partial charge in [-0.1, -0.05) is 30.3 Å². The molecule has 27 heavy (non-hydrogen) atoms. The summed E-state index contributed by atoms with van der Waals surface area (Å²) in [5.41, 5.74) is 1.24. The molecule has 3 aliphatic rings. The van der Waals surface area contributed by atoms with Gasteiger partial charge >= 0.3 is 6.03 Å². The lowest BCUT2D eigenvalue weighted by Crippen LogP contribution is -2.51. The van der Waals surface area contributed by atoms with Gasteiger partial charge in [0.2, 0.25) is 0 Å². The molecule has 1 atom stereocenters. The van der Waals surface area contributed by atoms with E-state index in [2.05, 4.69) is 50.2 Å². The number of amides is 2. The molecule has 3 aliphatic heterocycles. The second kappa shape index (κ2) is 7.82. The van der Waals surface area contributed by atoms with E-state index in [0.29, 0.717) is 25.7 Å². The monoisotopic (exact) mass is 366 g/mol. The first-order chi connectivity index (χ1) is 13.2. The molecule has 3 heterocycles. The standard InChI is InChI=1S/C20H26N6O/c1-16-14-26-15-22-18(13-19(26)23-16)24-9-11-25(12-10-24)20(27)21-8-7-17-5-3-2-4-6-17/h2-6,13,15-16H,7-12,14H2,1H3,(H,21,27)/t16-/m1/s1. The molecule has 0 unspecified atom stereocenters. The molecule has 2 amide bonds. The van der Waals surface area contributed by atoms with Crippen molar-refractivity contribution in [2.75, 3.05) is 39.3 Å². The molecular weight excluding hydrogens is 340 g/mol. The third-order valence-electron chi connectivity index (χ3n) is 5.12. The molecule has 1 fully saturated rings. The Bertz CT molecular complexity index is 764. The Kier molecular flexibility index (Phi) is 5.09. The van der Waals surface area contributed by atoms with Gasteiger partial charge in [0.25, 0.3) is 0 Å². The average Bonchev–Trinajstić information content (AvgIpc) is 3.08. The molecule has 142 valence electrons. The summed E-state index contributed by atoms with van der Waals surface area (Å²) in [6.07, 6.45) is 4.78. The van der Waals surface area contributed by atoms with Crippen LogP contribution in [0.1, 0.15) is 12.5 Å². The van der Waals surface area contributed by atoms with E-state index in [1.165, 1.54) is 5.56 Å². The summed E-state index contributed by atoms with van der Waals surface area (Å²) in [7, 11) is 0. The molecule has 0 aromatic heterocycles. The molecule has 1 saturated heterocycles. The van der Waals surface area contributed by atoms with Crippen LogP contribution in [-0.2, 0) is 6.42 Å². The van der Waals surface area contributed by atoms with Crippen LogP contribution in [0, 0.1) is 0 Å². The van der Waals surface area contributed by atoms with E-state index in [1.54, 1.807) is 0 Å². The Morgan fingerprint density at radius 2 is 1.96 bits per heavy atom. The normalized spacial score (nSPS) is 21.7. The number of piperazine rings is 1. The van der Waals surface area contributed by atoms with Crippen LogP contribution in [0.3, 0.4) is 0 Å². The van der Waals surface area contributed by atoms with Crippen LogP contribution in [0.2, 0.25) is 0 Å². The van der Waals surface area contributed by atoms with E-state index in [0.717, 1.165) is 37.7 Å². The lowest BCUT2D eigenvalue weighted by Gasteiger charge is -2.36. The predicted octanol–water partition coefficient (Wildman–Crippen LogP) is 1.54. The molecule has 0 spiro atoms. The van der Waals surface area contributed by atoms with Crippen molar-refractivity contribution in [3.8, 4) is 0 Å². The zero-order valence-corrected chi connectivity index (χ0v) is 15.7. The summed E-state index contributed by atoms with van der Waals surface area (Å²) in [5, 5.41) is 3.03. The molecule has 4 rings (SSSR count). The van der Waals surface area contributed by atoms with Gasteiger partial charge in [0.15, 0.2) is 0 Å². The Hall–Kier alpha value is -2.83. The number of amidine groups is 1. The van der Waals surface area contributed by atoms with Crippen LogP contribution in [0.5, 0.6) is 0 Å². The molecule has 0 radical (unpaired) electrons. The van der Waals surface area contributed by atoms with Crippen molar-refractivity contribution in [3.63, 3.8) is 0 Å². The van der Waals surface area contributed by atoms with E-state index in [-0.39, 0.29) is 6.03 Å². The Morgan fingerprint density at radius 3 is 2.74 bits per heavy atom. The quantitative estimate of drug-likeness (QED) is 0.879. The van der Waals surface area contributed by atoms with Crippen molar-refractivity contribution in [2.45, 2.75) is 19.4 Å². The number of carbonyl (C=O) groups is 1. The van der Waals surface area contributed by atoms with Gasteiger partial charge in [-0.3, -0.25) is 4.99 Å². The van der Waals surface area contributed by atoms with Crippen molar-refractivity contribution < 1.29 is 4.79 Å². The lowest BCUT2D eigenvalue weighted by molar-refractivity contribution is 0.157. The minimum absolute atomic E-state index is 0.0203. The smallest absolute Gasteiger partial charge is 0.317 e. The highest BCUT2D eigenvalue weighted by atomic mass is 16.2. The number of hydrogen-bond acceptors (Lipinski definition) is 5. The number of rotatable bonds is 4. The molecule has 1 N–H and O–H groups in total. The maximum atomic E-state index is 12.4. The minimum Gasteiger partial charge on any atom is -0.353 e. The lowest BCUT2D eigenvalue weighted by atomic mass is 10.1. The minimum atomic E-state index is 0.0203. The van der Waals surface area contributed by atoms with Crippen LogP contribution in [0.25, 0.3) is 0 Å². The largest absolute Gasteiger partial charge is 0.353 e. The van der Waals surface area contributed by atoms with Gasteiger partial charge in [0, 0.05) is 45.3 Å². The number of urea groups is 1. The van der Waals surface area contributed by atoms with Gasteiger partial charge in [-0.15, -0.1) is 0 Å². The Labute approximate surface area is 160 Å². The summed E-state index contributed by atoms with van der Waals surface area (Å²) >= 11 is 0. The third-order valence-corrected chi connectivity index (χ3v) is 5.12. The summed E-state index contributed by atoms with van der Waals surface area (Å²) in [5.74, 6) is 1.94. The van der Waals surface area contributed by atoms with Crippen LogP contribution >= 0.6 is 0 Å². The van der Waals surface area contributed by atoms with Crippen molar-refractivity contribution in [2.24, 2.45) is 9.98 Å². The fourth-order valence-electron chi connectivity index (χ4n) is 3.61. The van der Waals surface area contributed by atoms with Crippen LogP contribution in [0.15, 0.2) is 52.2 Å². The van der Waals surface area contributed by atoms with E-state index < -0.39 is 0 Å². The van der Waals surface area contributed by atoms with Gasteiger partial charge in [-0.2, -0.15) is 0 Å². The van der Waals surface area contributed by atoms with Crippen molar-refractivity contribution in [1.29, 1.82) is 0 Å². The number of hydrogen-bond donors (Lipinski definition) is 1. The molecule has 7 nitrogen and oxygen atoms in total. The Balaban J connectivity index is 1.24. The van der Waals surface area contributed by atoms with Crippen molar-refractivity contribution in [1.82, 2.24) is 20.0 Å². The zero-order valence-electron chi connectivity index (χ0n) is 15.7. The number of fused-ring (bicyclic) bond motifs is 1. The number of carbonyl (C=O) groups excluding carboxylic acids is 1. The van der Waals surface area contributed by atoms with Gasteiger partial charge in [-0.05, 0) is 18.9 Å². The Morgan fingerprint density at radius 1 is 1.19 bits per heavy atom. The number of nitrogens with zero attached hydrogens (tertiary/aromatic N) is 5. The first-order valence-electron chi connectivity index (χ1n) is 9.61. The molecule has 1 aromatic rings. The fourth-order valence-corrected chi connectivity index (χ4v) is 3.61. The van der Waals surface area contributed by atoms with Gasteiger partial charge in [0.1, 0.15) is 11.7 Å². The highest BCUT2D eigenvalue weighted by Crippen LogP contribution is 2.18. The zero-order chi connectivity index (χ0) is 18.6. The maximum Gasteiger partial charge on any atom is 0.317 e. The van der Waals surface area contributed by atoms with Crippen LogP contribution in [-0.4, -0.2) is 78.2 Å². The summed E-state index contributed by atoms with van der Waals surface area (Å²) < 4.78 is 0. The van der Waals surface area contributed by atoms with Crippen LogP contribution in [0.4, 0.5) is 4.79 Å². The highest BCUT2D eigenvalue weighted by molar-refractivity contribution is 6.03. The first kappa shape index (κ1) is 17.6. The third kappa shape index (κ3) is 4.13. The van der Waals surface area contributed by atoms with Crippen molar-refractivity contribution >= 4 is 18.2 Å². The first-order valence-corrected chi connectivity index (χ1v) is 9.61. The maximum absolute atomic E-state index is 12.4. The van der Waals surface area contributed by atoms with E-state index in [9.17, 15) is 4.79 Å². The number of nitrogens with one attached hydrogen (secondary N) is 1. The highest BCUT2D eigenvalue weighted by Gasteiger charge is 2.26. The second-order valence-electron chi connectivity index (χ2n) is 7.18. The van der Waals surface area contributed by atoms with Gasteiger partial charge in [-0.25, -0.2) is 9.79 Å². The molecule has 7 heteroatoms. The topological polar surface area (TPSA) is 63.5 Å². The van der Waals surface area contributed by atoms with Gasteiger partial charge < -0.3 is 20.0 Å². The molecule has 0 aliphatic carbocycles. The van der Waals surface area contributed by atoms with Crippen molar-refractivity contribution in [3.05, 3.63) is 47.8 Å².